The van der Waals surface area contributed by atoms with Crippen molar-refractivity contribution in [2.24, 2.45) is 0 Å². The average molecular weight is 249 g/mol. The van der Waals surface area contributed by atoms with Crippen LogP contribution in [0.1, 0.15) is 0 Å². The van der Waals surface area contributed by atoms with Crippen LogP contribution < -0.4 is 16.8 Å². The molecule has 3 rings (SSSR count). The first kappa shape index (κ1) is 11.4. The summed E-state index contributed by atoms with van der Waals surface area (Å²) in [6.45, 7) is 0. The van der Waals surface area contributed by atoms with Crippen molar-refractivity contribution in [2.45, 2.75) is 0 Å². The lowest BCUT2D eigenvalue weighted by atomic mass is 10.1. The minimum atomic E-state index is 0.646. The Bertz CT molecular complexity index is 730. The molecule has 0 aliphatic carbocycles. The fourth-order valence-corrected chi connectivity index (χ4v) is 2.17. The van der Waals surface area contributed by atoms with Gasteiger partial charge in [0.15, 0.2) is 0 Å². The highest BCUT2D eigenvalue weighted by Crippen LogP contribution is 2.29. The number of nitrogen functional groups attached to an aromatic ring is 2. The van der Waals surface area contributed by atoms with Crippen molar-refractivity contribution in [2.75, 3.05) is 16.8 Å². The molecule has 0 amide bonds. The van der Waals surface area contributed by atoms with E-state index in [9.17, 15) is 0 Å². The van der Waals surface area contributed by atoms with Crippen molar-refractivity contribution < 1.29 is 0 Å². The number of benzene rings is 3. The van der Waals surface area contributed by atoms with Crippen LogP contribution in [-0.4, -0.2) is 0 Å². The van der Waals surface area contributed by atoms with Crippen LogP contribution in [0.3, 0.4) is 0 Å². The van der Waals surface area contributed by atoms with E-state index in [-0.39, 0.29) is 0 Å². The third-order valence-corrected chi connectivity index (χ3v) is 3.13. The summed E-state index contributed by atoms with van der Waals surface area (Å²) >= 11 is 0. The second kappa shape index (κ2) is 4.53. The van der Waals surface area contributed by atoms with E-state index in [1.165, 1.54) is 10.8 Å². The molecule has 3 aromatic rings. The molecule has 3 nitrogen and oxygen atoms in total. The highest BCUT2D eigenvalue weighted by Gasteiger charge is 2.03. The summed E-state index contributed by atoms with van der Waals surface area (Å²) in [5, 5.41) is 5.73. The Morgan fingerprint density at radius 2 is 1.53 bits per heavy atom. The van der Waals surface area contributed by atoms with Gasteiger partial charge in [-0.15, -0.1) is 0 Å². The summed E-state index contributed by atoms with van der Waals surface area (Å²) in [6, 6.07) is 19.9. The number of anilines is 4. The van der Waals surface area contributed by atoms with Gasteiger partial charge in [-0.1, -0.05) is 36.4 Å². The van der Waals surface area contributed by atoms with Crippen LogP contribution in [0.5, 0.6) is 0 Å². The molecule has 94 valence electrons. The molecule has 0 fully saturated rings. The Morgan fingerprint density at radius 3 is 2.37 bits per heavy atom. The number of nitrogens with two attached hydrogens (primary N) is 2. The molecule has 0 saturated heterocycles. The molecule has 0 aromatic heterocycles. The first-order valence-electron chi connectivity index (χ1n) is 6.14. The highest BCUT2D eigenvalue weighted by atomic mass is 14.9. The Hall–Kier alpha value is -2.68. The standard InChI is InChI=1S/C16H15N3/c17-12-8-9-16(14(18)10-12)19-15-7-3-5-11-4-1-2-6-13(11)15/h1-10,19H,17-18H2. The van der Waals surface area contributed by atoms with Gasteiger partial charge in [-0.05, 0) is 29.7 Å². The van der Waals surface area contributed by atoms with Gasteiger partial charge in [0.2, 0.25) is 0 Å². The van der Waals surface area contributed by atoms with Gasteiger partial charge >= 0.3 is 0 Å². The number of rotatable bonds is 2. The Kier molecular flexibility index (Phi) is 2.72. The summed E-state index contributed by atoms with van der Waals surface area (Å²) in [4.78, 5) is 0. The van der Waals surface area contributed by atoms with Crippen molar-refractivity contribution in [1.82, 2.24) is 0 Å². The van der Waals surface area contributed by atoms with E-state index < -0.39 is 0 Å². The predicted octanol–water partition coefficient (Wildman–Crippen LogP) is 3.75. The van der Waals surface area contributed by atoms with Crippen LogP contribution in [0.25, 0.3) is 10.8 Å². The molecule has 0 radical (unpaired) electrons. The number of nitrogens with one attached hydrogen (secondary N) is 1. The molecule has 5 N–H and O–H groups in total. The van der Waals surface area contributed by atoms with Crippen molar-refractivity contribution in [3.63, 3.8) is 0 Å². The van der Waals surface area contributed by atoms with Gasteiger partial charge in [0.25, 0.3) is 0 Å². The van der Waals surface area contributed by atoms with Crippen LogP contribution in [-0.2, 0) is 0 Å². The maximum Gasteiger partial charge on any atom is 0.0619 e. The SMILES string of the molecule is Nc1ccc(Nc2cccc3ccccc23)c(N)c1. The summed E-state index contributed by atoms with van der Waals surface area (Å²) in [5.74, 6) is 0. The number of hydrogen-bond donors (Lipinski definition) is 3. The Labute approximate surface area is 111 Å². The van der Waals surface area contributed by atoms with Crippen molar-refractivity contribution >= 4 is 33.5 Å². The van der Waals surface area contributed by atoms with E-state index in [1.807, 2.05) is 36.4 Å². The quantitative estimate of drug-likeness (QED) is 0.606. The zero-order chi connectivity index (χ0) is 13.2. The summed E-state index contributed by atoms with van der Waals surface area (Å²) in [7, 11) is 0. The van der Waals surface area contributed by atoms with E-state index >= 15 is 0 Å². The van der Waals surface area contributed by atoms with Gasteiger partial charge in [-0.3, -0.25) is 0 Å². The van der Waals surface area contributed by atoms with E-state index in [4.69, 9.17) is 11.5 Å². The third-order valence-electron chi connectivity index (χ3n) is 3.13. The molecular formula is C16H15N3. The predicted molar refractivity (Wildman–Crippen MR) is 82.5 cm³/mol. The molecule has 0 aliphatic heterocycles. The molecule has 0 saturated carbocycles. The summed E-state index contributed by atoms with van der Waals surface area (Å²) in [5.41, 5.74) is 14.9. The van der Waals surface area contributed by atoms with E-state index in [2.05, 4.69) is 23.5 Å². The maximum atomic E-state index is 5.97. The number of fused-ring (bicyclic) bond motifs is 1. The maximum absolute atomic E-state index is 5.97. The van der Waals surface area contributed by atoms with E-state index in [1.54, 1.807) is 6.07 Å². The van der Waals surface area contributed by atoms with Crippen LogP contribution in [0.15, 0.2) is 60.7 Å². The van der Waals surface area contributed by atoms with Crippen LogP contribution in [0, 0.1) is 0 Å². The molecule has 0 aliphatic rings. The minimum absolute atomic E-state index is 0.646. The van der Waals surface area contributed by atoms with Crippen LogP contribution in [0.2, 0.25) is 0 Å². The van der Waals surface area contributed by atoms with Crippen LogP contribution in [0.4, 0.5) is 22.7 Å². The van der Waals surface area contributed by atoms with Gasteiger partial charge in [-0.25, -0.2) is 0 Å². The molecule has 0 bridgehead atoms. The zero-order valence-electron chi connectivity index (χ0n) is 10.4. The smallest absolute Gasteiger partial charge is 0.0619 e. The lowest BCUT2D eigenvalue weighted by Crippen LogP contribution is -1.98. The summed E-state index contributed by atoms with van der Waals surface area (Å²) in [6.07, 6.45) is 0. The molecule has 0 atom stereocenters. The lowest BCUT2D eigenvalue weighted by molar-refractivity contribution is 1.57. The second-order valence-electron chi connectivity index (χ2n) is 4.50. The molecular weight excluding hydrogens is 234 g/mol. The monoisotopic (exact) mass is 249 g/mol. The first-order valence-corrected chi connectivity index (χ1v) is 6.14. The van der Waals surface area contributed by atoms with Crippen LogP contribution >= 0.6 is 0 Å². The van der Waals surface area contributed by atoms with Crippen molar-refractivity contribution in [3.8, 4) is 0 Å². The molecule has 3 aromatic carbocycles. The lowest BCUT2D eigenvalue weighted by Gasteiger charge is -2.12. The Morgan fingerprint density at radius 1 is 0.737 bits per heavy atom. The Balaban J connectivity index is 2.06. The molecule has 0 heterocycles. The third kappa shape index (κ3) is 2.18. The molecule has 3 heteroatoms. The first-order chi connectivity index (χ1) is 9.24. The second-order valence-corrected chi connectivity index (χ2v) is 4.50. The molecule has 0 spiro atoms. The average Bonchev–Trinajstić information content (AvgIpc) is 2.42. The highest BCUT2D eigenvalue weighted by molar-refractivity contribution is 5.96. The van der Waals surface area contributed by atoms with Gasteiger partial charge < -0.3 is 16.8 Å². The zero-order valence-corrected chi connectivity index (χ0v) is 10.4. The fourth-order valence-electron chi connectivity index (χ4n) is 2.17. The van der Waals surface area contributed by atoms with E-state index in [0.717, 1.165) is 11.4 Å². The van der Waals surface area contributed by atoms with Crippen molar-refractivity contribution in [3.05, 3.63) is 60.7 Å². The van der Waals surface area contributed by atoms with Crippen molar-refractivity contribution in [1.29, 1.82) is 0 Å². The van der Waals surface area contributed by atoms with E-state index in [0.29, 0.717) is 11.4 Å². The molecule has 0 unspecified atom stereocenters. The van der Waals surface area contributed by atoms with Gasteiger partial charge in [0.1, 0.15) is 0 Å². The summed E-state index contributed by atoms with van der Waals surface area (Å²) < 4.78 is 0. The van der Waals surface area contributed by atoms with Gasteiger partial charge in [-0.2, -0.15) is 0 Å². The minimum Gasteiger partial charge on any atom is -0.399 e. The fraction of sp³-hybridized carbons (Fsp3) is 0. The van der Waals surface area contributed by atoms with Gasteiger partial charge in [0.05, 0.1) is 11.4 Å². The largest absolute Gasteiger partial charge is 0.399 e. The topological polar surface area (TPSA) is 64.1 Å². The number of hydrogen-bond acceptors (Lipinski definition) is 3. The van der Waals surface area contributed by atoms with Gasteiger partial charge in [0, 0.05) is 16.8 Å². The normalized spacial score (nSPS) is 10.5. The molecule has 19 heavy (non-hydrogen) atoms.